The van der Waals surface area contributed by atoms with Crippen molar-refractivity contribution in [3.63, 3.8) is 0 Å². The molecule has 0 saturated carbocycles. The SMILES string of the molecule is N#CC1(C(=O)NC2CCCSC2)CCOCC1. The summed E-state index contributed by atoms with van der Waals surface area (Å²) in [4.78, 5) is 12.2. The summed E-state index contributed by atoms with van der Waals surface area (Å²) in [6.45, 7) is 1.03. The smallest absolute Gasteiger partial charge is 0.240 e. The van der Waals surface area contributed by atoms with E-state index in [1.54, 1.807) is 0 Å². The molecule has 2 aliphatic rings. The zero-order chi connectivity index (χ0) is 12.1. The second-order valence-electron chi connectivity index (χ2n) is 4.69. The Morgan fingerprint density at radius 3 is 2.82 bits per heavy atom. The molecule has 1 atom stereocenters. The van der Waals surface area contributed by atoms with Crippen molar-refractivity contribution in [3.05, 3.63) is 0 Å². The molecule has 4 nitrogen and oxygen atoms in total. The number of carbonyl (C=O) groups is 1. The molecule has 2 saturated heterocycles. The largest absolute Gasteiger partial charge is 0.381 e. The third-order valence-corrected chi connectivity index (χ3v) is 4.71. The number of nitrogens with one attached hydrogen (secondary N) is 1. The standard InChI is InChI=1S/C12H18N2O2S/c13-9-12(3-5-16-6-4-12)11(15)14-10-2-1-7-17-8-10/h10H,1-8H2,(H,14,15). The molecule has 17 heavy (non-hydrogen) atoms. The summed E-state index contributed by atoms with van der Waals surface area (Å²) >= 11 is 1.88. The fraction of sp³-hybridized carbons (Fsp3) is 0.833. The molecule has 2 fully saturated rings. The van der Waals surface area contributed by atoms with Gasteiger partial charge in [-0.2, -0.15) is 17.0 Å². The molecular formula is C12H18N2O2S. The van der Waals surface area contributed by atoms with Crippen molar-refractivity contribution >= 4 is 17.7 Å². The monoisotopic (exact) mass is 254 g/mol. The van der Waals surface area contributed by atoms with Gasteiger partial charge in [0.25, 0.3) is 0 Å². The minimum Gasteiger partial charge on any atom is -0.381 e. The van der Waals surface area contributed by atoms with Crippen molar-refractivity contribution in [2.24, 2.45) is 5.41 Å². The first kappa shape index (κ1) is 12.7. The maximum atomic E-state index is 12.2. The predicted octanol–water partition coefficient (Wildman–Crippen LogP) is 1.32. The Morgan fingerprint density at radius 1 is 1.47 bits per heavy atom. The van der Waals surface area contributed by atoms with Crippen LogP contribution in [0.5, 0.6) is 0 Å². The lowest BCUT2D eigenvalue weighted by Gasteiger charge is -2.32. The van der Waals surface area contributed by atoms with Gasteiger partial charge >= 0.3 is 0 Å². The lowest BCUT2D eigenvalue weighted by atomic mass is 9.80. The molecule has 0 radical (unpaired) electrons. The van der Waals surface area contributed by atoms with Crippen LogP contribution in [0.25, 0.3) is 0 Å². The summed E-state index contributed by atoms with van der Waals surface area (Å²) in [7, 11) is 0. The molecule has 0 aromatic carbocycles. The van der Waals surface area contributed by atoms with Gasteiger partial charge in [0.2, 0.25) is 5.91 Å². The van der Waals surface area contributed by atoms with Crippen molar-refractivity contribution < 1.29 is 9.53 Å². The zero-order valence-electron chi connectivity index (χ0n) is 9.91. The van der Waals surface area contributed by atoms with E-state index in [0.29, 0.717) is 26.1 Å². The van der Waals surface area contributed by atoms with Crippen molar-refractivity contribution in [3.8, 4) is 6.07 Å². The first-order valence-corrected chi connectivity index (χ1v) is 7.30. The van der Waals surface area contributed by atoms with Crippen LogP contribution in [0, 0.1) is 16.7 Å². The van der Waals surface area contributed by atoms with Crippen LogP contribution in [-0.4, -0.2) is 36.7 Å². The van der Waals surface area contributed by atoms with Gasteiger partial charge in [-0.15, -0.1) is 0 Å². The van der Waals surface area contributed by atoms with E-state index in [1.807, 2.05) is 11.8 Å². The van der Waals surface area contributed by atoms with E-state index in [0.717, 1.165) is 18.6 Å². The molecule has 2 heterocycles. The van der Waals surface area contributed by atoms with Gasteiger partial charge in [-0.05, 0) is 31.4 Å². The number of hydrogen-bond acceptors (Lipinski definition) is 4. The highest BCUT2D eigenvalue weighted by molar-refractivity contribution is 7.99. The molecule has 0 aliphatic carbocycles. The third kappa shape index (κ3) is 2.93. The van der Waals surface area contributed by atoms with Gasteiger partial charge < -0.3 is 10.1 Å². The number of rotatable bonds is 2. The van der Waals surface area contributed by atoms with E-state index in [9.17, 15) is 10.1 Å². The number of nitrogens with zero attached hydrogens (tertiary/aromatic N) is 1. The second kappa shape index (κ2) is 5.74. The molecule has 5 heteroatoms. The number of thioether (sulfide) groups is 1. The predicted molar refractivity (Wildman–Crippen MR) is 66.6 cm³/mol. The summed E-state index contributed by atoms with van der Waals surface area (Å²) < 4.78 is 5.23. The van der Waals surface area contributed by atoms with Crippen LogP contribution in [0.3, 0.4) is 0 Å². The second-order valence-corrected chi connectivity index (χ2v) is 5.84. The summed E-state index contributed by atoms with van der Waals surface area (Å²) in [5.41, 5.74) is -0.847. The Morgan fingerprint density at radius 2 is 2.24 bits per heavy atom. The molecule has 0 aromatic heterocycles. The van der Waals surface area contributed by atoms with Gasteiger partial charge in [0, 0.05) is 25.0 Å². The highest BCUT2D eigenvalue weighted by Crippen LogP contribution is 2.30. The lowest BCUT2D eigenvalue weighted by Crippen LogP contribution is -2.48. The van der Waals surface area contributed by atoms with Gasteiger partial charge in [0.1, 0.15) is 5.41 Å². The number of hydrogen-bond donors (Lipinski definition) is 1. The first-order chi connectivity index (χ1) is 8.27. The summed E-state index contributed by atoms with van der Waals surface area (Å²) in [5.74, 6) is 2.07. The highest BCUT2D eigenvalue weighted by atomic mass is 32.2. The quantitative estimate of drug-likeness (QED) is 0.807. The van der Waals surface area contributed by atoms with E-state index < -0.39 is 5.41 Å². The van der Waals surface area contributed by atoms with Crippen LogP contribution in [-0.2, 0) is 9.53 Å². The Balaban J connectivity index is 1.94. The topological polar surface area (TPSA) is 62.1 Å². The summed E-state index contributed by atoms with van der Waals surface area (Å²) in [6.07, 6.45) is 3.24. The van der Waals surface area contributed by atoms with Crippen LogP contribution in [0.15, 0.2) is 0 Å². The number of carbonyl (C=O) groups excluding carboxylic acids is 1. The van der Waals surface area contributed by atoms with Crippen LogP contribution in [0.2, 0.25) is 0 Å². The third-order valence-electron chi connectivity index (χ3n) is 3.49. The van der Waals surface area contributed by atoms with Gasteiger partial charge in [-0.3, -0.25) is 4.79 Å². The zero-order valence-corrected chi connectivity index (χ0v) is 10.7. The molecule has 0 bridgehead atoms. The average molecular weight is 254 g/mol. The summed E-state index contributed by atoms with van der Waals surface area (Å²) in [6, 6.07) is 2.45. The average Bonchev–Trinajstić information content (AvgIpc) is 2.40. The molecule has 94 valence electrons. The molecule has 1 amide bonds. The minimum atomic E-state index is -0.847. The molecule has 2 aliphatic heterocycles. The van der Waals surface area contributed by atoms with Gasteiger partial charge in [-0.25, -0.2) is 0 Å². The van der Waals surface area contributed by atoms with Crippen LogP contribution in [0.1, 0.15) is 25.7 Å². The van der Waals surface area contributed by atoms with Gasteiger partial charge in [-0.1, -0.05) is 0 Å². The maximum Gasteiger partial charge on any atom is 0.240 e. The van der Waals surface area contributed by atoms with Crippen LogP contribution < -0.4 is 5.32 Å². The normalized spacial score (nSPS) is 28.1. The Bertz CT molecular complexity index is 315. The molecule has 2 rings (SSSR count). The van der Waals surface area contributed by atoms with Crippen molar-refractivity contribution in [1.82, 2.24) is 5.32 Å². The lowest BCUT2D eigenvalue weighted by molar-refractivity contribution is -0.133. The van der Waals surface area contributed by atoms with E-state index in [-0.39, 0.29) is 11.9 Å². The van der Waals surface area contributed by atoms with Crippen molar-refractivity contribution in [2.45, 2.75) is 31.7 Å². The van der Waals surface area contributed by atoms with Gasteiger partial charge in [0.15, 0.2) is 0 Å². The molecule has 0 aromatic rings. The Labute approximate surface area is 106 Å². The fourth-order valence-electron chi connectivity index (χ4n) is 2.29. The number of ether oxygens (including phenoxy) is 1. The number of nitriles is 1. The van der Waals surface area contributed by atoms with E-state index in [2.05, 4.69) is 11.4 Å². The fourth-order valence-corrected chi connectivity index (χ4v) is 3.36. The molecule has 1 N–H and O–H groups in total. The first-order valence-electron chi connectivity index (χ1n) is 6.14. The maximum absolute atomic E-state index is 12.2. The molecule has 1 unspecified atom stereocenters. The van der Waals surface area contributed by atoms with Gasteiger partial charge in [0.05, 0.1) is 6.07 Å². The molecular weight excluding hydrogens is 236 g/mol. The minimum absolute atomic E-state index is 0.0872. The van der Waals surface area contributed by atoms with Crippen molar-refractivity contribution in [1.29, 1.82) is 5.26 Å². The summed E-state index contributed by atoms with van der Waals surface area (Å²) in [5, 5.41) is 12.3. The van der Waals surface area contributed by atoms with E-state index in [1.165, 1.54) is 5.75 Å². The highest BCUT2D eigenvalue weighted by Gasteiger charge is 2.41. The van der Waals surface area contributed by atoms with Crippen molar-refractivity contribution in [2.75, 3.05) is 24.7 Å². The van der Waals surface area contributed by atoms with E-state index >= 15 is 0 Å². The Hall–Kier alpha value is -0.730. The number of amides is 1. The Kier molecular flexibility index (Phi) is 4.30. The van der Waals surface area contributed by atoms with Crippen LogP contribution in [0.4, 0.5) is 0 Å². The van der Waals surface area contributed by atoms with E-state index in [4.69, 9.17) is 4.74 Å². The molecule has 0 spiro atoms. The van der Waals surface area contributed by atoms with Crippen LogP contribution >= 0.6 is 11.8 Å².